The van der Waals surface area contributed by atoms with Gasteiger partial charge in [0.25, 0.3) is 0 Å². The second-order valence-corrected chi connectivity index (χ2v) is 6.62. The molecule has 0 aliphatic rings. The molecular formula is C15H14Br2ClN. The Bertz CT molecular complexity index is 534. The van der Waals surface area contributed by atoms with Gasteiger partial charge in [-0.05, 0) is 75.0 Å². The minimum Gasteiger partial charge on any atom is -0.380 e. The predicted octanol–water partition coefficient (Wildman–Crippen LogP) is 5.91. The summed E-state index contributed by atoms with van der Waals surface area (Å²) in [5, 5.41) is 4.29. The number of rotatable bonds is 4. The average Bonchev–Trinajstić information content (AvgIpc) is 2.37. The fourth-order valence-corrected chi connectivity index (χ4v) is 3.26. The van der Waals surface area contributed by atoms with Crippen molar-refractivity contribution in [1.82, 2.24) is 0 Å². The van der Waals surface area contributed by atoms with Crippen LogP contribution in [0.1, 0.15) is 12.5 Å². The van der Waals surface area contributed by atoms with Crippen LogP contribution in [0.25, 0.3) is 0 Å². The number of para-hydroxylation sites is 1. The van der Waals surface area contributed by atoms with Crippen molar-refractivity contribution in [3.05, 3.63) is 62.0 Å². The van der Waals surface area contributed by atoms with Gasteiger partial charge in [0.2, 0.25) is 0 Å². The van der Waals surface area contributed by atoms with E-state index in [0.717, 1.165) is 26.1 Å². The first-order chi connectivity index (χ1) is 9.06. The second kappa shape index (κ2) is 6.78. The molecule has 2 rings (SSSR count). The van der Waals surface area contributed by atoms with E-state index in [0.29, 0.717) is 6.04 Å². The molecule has 0 aliphatic carbocycles. The number of hydrogen-bond acceptors (Lipinski definition) is 1. The predicted molar refractivity (Wildman–Crippen MR) is 90.1 cm³/mol. The molecule has 0 radical (unpaired) electrons. The molecule has 0 saturated carbocycles. The zero-order chi connectivity index (χ0) is 13.8. The normalized spacial score (nSPS) is 12.2. The van der Waals surface area contributed by atoms with Crippen molar-refractivity contribution in [3.8, 4) is 0 Å². The average molecular weight is 404 g/mol. The van der Waals surface area contributed by atoms with Crippen LogP contribution in [0.2, 0.25) is 5.02 Å². The minimum absolute atomic E-state index is 0.330. The van der Waals surface area contributed by atoms with Gasteiger partial charge in [-0.2, -0.15) is 0 Å². The Labute approximate surface area is 135 Å². The van der Waals surface area contributed by atoms with E-state index in [9.17, 15) is 0 Å². The number of nitrogens with one attached hydrogen (secondary N) is 1. The molecular weight excluding hydrogens is 389 g/mol. The molecule has 0 bridgehead atoms. The summed E-state index contributed by atoms with van der Waals surface area (Å²) < 4.78 is 2.12. The van der Waals surface area contributed by atoms with Gasteiger partial charge >= 0.3 is 0 Å². The largest absolute Gasteiger partial charge is 0.380 e. The van der Waals surface area contributed by atoms with Crippen molar-refractivity contribution in [3.63, 3.8) is 0 Å². The third-order valence-corrected chi connectivity index (χ3v) is 4.38. The fraction of sp³-hybridized carbons (Fsp3) is 0.200. The van der Waals surface area contributed by atoms with Gasteiger partial charge in [0.1, 0.15) is 0 Å². The Morgan fingerprint density at radius 2 is 1.63 bits per heavy atom. The number of anilines is 1. The molecule has 1 nitrogen and oxygen atoms in total. The van der Waals surface area contributed by atoms with Crippen LogP contribution in [-0.2, 0) is 6.42 Å². The second-order valence-electron chi connectivity index (χ2n) is 4.47. The molecule has 0 amide bonds. The lowest BCUT2D eigenvalue weighted by molar-refractivity contribution is 0.789. The fourth-order valence-electron chi connectivity index (χ4n) is 1.91. The molecule has 1 N–H and O–H groups in total. The molecule has 100 valence electrons. The van der Waals surface area contributed by atoms with Crippen molar-refractivity contribution < 1.29 is 0 Å². The van der Waals surface area contributed by atoms with Gasteiger partial charge in [0.05, 0.1) is 5.69 Å². The van der Waals surface area contributed by atoms with Gasteiger partial charge in [-0.15, -0.1) is 0 Å². The van der Waals surface area contributed by atoms with E-state index < -0.39 is 0 Å². The highest BCUT2D eigenvalue weighted by Crippen LogP contribution is 2.31. The zero-order valence-electron chi connectivity index (χ0n) is 10.5. The zero-order valence-corrected chi connectivity index (χ0v) is 14.4. The lowest BCUT2D eigenvalue weighted by Gasteiger charge is -2.18. The monoisotopic (exact) mass is 401 g/mol. The molecule has 1 unspecified atom stereocenters. The first-order valence-electron chi connectivity index (χ1n) is 6.01. The Kier molecular flexibility index (Phi) is 5.31. The maximum atomic E-state index is 5.89. The summed E-state index contributed by atoms with van der Waals surface area (Å²) in [6, 6.07) is 14.4. The van der Waals surface area contributed by atoms with E-state index in [4.69, 9.17) is 11.6 Å². The molecule has 0 fully saturated rings. The Morgan fingerprint density at radius 1 is 1.05 bits per heavy atom. The van der Waals surface area contributed by atoms with E-state index in [-0.39, 0.29) is 0 Å². The quantitative estimate of drug-likeness (QED) is 0.669. The molecule has 4 heteroatoms. The highest BCUT2D eigenvalue weighted by Gasteiger charge is 2.09. The van der Waals surface area contributed by atoms with Crippen LogP contribution in [0.15, 0.2) is 51.4 Å². The first-order valence-corrected chi connectivity index (χ1v) is 7.97. The molecule has 19 heavy (non-hydrogen) atoms. The number of halogens is 3. The summed E-state index contributed by atoms with van der Waals surface area (Å²) in [6.45, 7) is 2.17. The summed E-state index contributed by atoms with van der Waals surface area (Å²) in [4.78, 5) is 0. The lowest BCUT2D eigenvalue weighted by Crippen LogP contribution is -2.18. The molecule has 0 aliphatic heterocycles. The lowest BCUT2D eigenvalue weighted by atomic mass is 10.1. The topological polar surface area (TPSA) is 12.0 Å². The van der Waals surface area contributed by atoms with Gasteiger partial charge in [-0.3, -0.25) is 0 Å². The van der Waals surface area contributed by atoms with E-state index in [1.54, 1.807) is 0 Å². The SMILES string of the molecule is CC(Cc1ccc(Cl)cc1)Nc1c(Br)cccc1Br. The van der Waals surface area contributed by atoms with E-state index in [2.05, 4.69) is 56.2 Å². The minimum atomic E-state index is 0.330. The van der Waals surface area contributed by atoms with Crippen LogP contribution in [0.5, 0.6) is 0 Å². The van der Waals surface area contributed by atoms with Crippen LogP contribution in [0, 0.1) is 0 Å². The van der Waals surface area contributed by atoms with Crippen LogP contribution >= 0.6 is 43.5 Å². The van der Waals surface area contributed by atoms with Crippen LogP contribution in [0.3, 0.4) is 0 Å². The standard InChI is InChI=1S/C15H14Br2ClN/c1-10(9-11-5-7-12(18)8-6-11)19-15-13(16)3-2-4-14(15)17/h2-8,10,19H,9H2,1H3. The summed E-state index contributed by atoms with van der Waals surface area (Å²) >= 11 is 13.0. The van der Waals surface area contributed by atoms with Crippen molar-refractivity contribution in [2.24, 2.45) is 0 Å². The van der Waals surface area contributed by atoms with E-state index in [1.807, 2.05) is 30.3 Å². The Morgan fingerprint density at radius 3 is 2.21 bits per heavy atom. The summed E-state index contributed by atoms with van der Waals surface area (Å²) in [6.07, 6.45) is 0.949. The summed E-state index contributed by atoms with van der Waals surface area (Å²) in [5.74, 6) is 0. The molecule has 0 spiro atoms. The van der Waals surface area contributed by atoms with Gasteiger partial charge in [0.15, 0.2) is 0 Å². The highest BCUT2D eigenvalue weighted by atomic mass is 79.9. The molecule has 0 saturated heterocycles. The smallest absolute Gasteiger partial charge is 0.0631 e. The summed E-state index contributed by atoms with van der Waals surface area (Å²) in [5.41, 5.74) is 2.36. The van der Waals surface area contributed by atoms with Gasteiger partial charge in [-0.1, -0.05) is 29.8 Å². The third kappa shape index (κ3) is 4.23. The molecule has 0 heterocycles. The van der Waals surface area contributed by atoms with Gasteiger partial charge in [-0.25, -0.2) is 0 Å². The molecule has 2 aromatic rings. The van der Waals surface area contributed by atoms with Crippen molar-refractivity contribution in [2.75, 3.05) is 5.32 Å². The van der Waals surface area contributed by atoms with Crippen molar-refractivity contribution >= 4 is 49.1 Å². The van der Waals surface area contributed by atoms with Crippen LogP contribution < -0.4 is 5.32 Å². The van der Waals surface area contributed by atoms with Crippen molar-refractivity contribution in [2.45, 2.75) is 19.4 Å². The number of benzene rings is 2. The summed E-state index contributed by atoms with van der Waals surface area (Å²) in [7, 11) is 0. The van der Waals surface area contributed by atoms with E-state index >= 15 is 0 Å². The van der Waals surface area contributed by atoms with Crippen molar-refractivity contribution in [1.29, 1.82) is 0 Å². The third-order valence-electron chi connectivity index (χ3n) is 2.81. The molecule has 2 aromatic carbocycles. The van der Waals surface area contributed by atoms with E-state index in [1.165, 1.54) is 5.56 Å². The maximum absolute atomic E-state index is 5.89. The Balaban J connectivity index is 2.05. The Hall–Kier alpha value is -0.510. The maximum Gasteiger partial charge on any atom is 0.0631 e. The highest BCUT2D eigenvalue weighted by molar-refractivity contribution is 9.11. The van der Waals surface area contributed by atoms with Crippen LogP contribution in [0.4, 0.5) is 5.69 Å². The van der Waals surface area contributed by atoms with Gasteiger partial charge in [0, 0.05) is 20.0 Å². The van der Waals surface area contributed by atoms with Gasteiger partial charge < -0.3 is 5.32 Å². The molecule has 1 atom stereocenters. The first kappa shape index (κ1) is 14.9. The van der Waals surface area contributed by atoms with Crippen LogP contribution in [-0.4, -0.2) is 6.04 Å². The molecule has 0 aromatic heterocycles. The number of hydrogen-bond donors (Lipinski definition) is 1.